The molecule has 0 aromatic heterocycles. The Morgan fingerprint density at radius 3 is 2.63 bits per heavy atom. The minimum atomic E-state index is -0.288. The predicted octanol–water partition coefficient (Wildman–Crippen LogP) is 4.43. The lowest BCUT2D eigenvalue weighted by molar-refractivity contribution is -0.145. The van der Waals surface area contributed by atoms with E-state index in [0.29, 0.717) is 31.1 Å². The molecule has 0 N–H and O–H groups in total. The molecular formula is C21H27ClN2O3. The van der Waals surface area contributed by atoms with E-state index in [-0.39, 0.29) is 30.0 Å². The number of halogens is 1. The standard InChI is InChI=1S/C21H27ClN2O3/c1-3-5-16-8-11-19(15-6-9-17(22)10-7-15)24(20(16)25)18(4-2)14-23-12-13-27-21(23)26/h3,6-7,9-10,16,18-19H,1,4-5,8,11-14H2,2H3. The fourth-order valence-electron chi connectivity index (χ4n) is 4.11. The Labute approximate surface area is 165 Å². The fraction of sp³-hybridized carbons (Fsp3) is 0.524. The number of cyclic esters (lactones) is 1. The summed E-state index contributed by atoms with van der Waals surface area (Å²) in [6.07, 6.45) is 4.74. The number of rotatable bonds is 7. The number of allylic oxidation sites excluding steroid dienone is 1. The maximum absolute atomic E-state index is 13.3. The van der Waals surface area contributed by atoms with E-state index in [9.17, 15) is 9.59 Å². The highest BCUT2D eigenvalue weighted by Crippen LogP contribution is 2.38. The van der Waals surface area contributed by atoms with Gasteiger partial charge >= 0.3 is 6.09 Å². The van der Waals surface area contributed by atoms with Gasteiger partial charge in [-0.15, -0.1) is 6.58 Å². The summed E-state index contributed by atoms with van der Waals surface area (Å²) in [6.45, 7) is 7.38. The van der Waals surface area contributed by atoms with Crippen molar-refractivity contribution in [2.75, 3.05) is 19.7 Å². The molecule has 2 heterocycles. The van der Waals surface area contributed by atoms with Crippen LogP contribution in [0.25, 0.3) is 0 Å². The molecule has 2 fully saturated rings. The summed E-state index contributed by atoms with van der Waals surface area (Å²) < 4.78 is 5.06. The van der Waals surface area contributed by atoms with Crippen LogP contribution in [0.4, 0.5) is 4.79 Å². The molecule has 2 amide bonds. The molecule has 0 bridgehead atoms. The lowest BCUT2D eigenvalue weighted by Gasteiger charge is -2.44. The van der Waals surface area contributed by atoms with Crippen molar-refractivity contribution in [2.24, 2.45) is 5.92 Å². The maximum Gasteiger partial charge on any atom is 0.410 e. The Hall–Kier alpha value is -2.01. The first kappa shape index (κ1) is 19.7. The third-order valence-corrected chi connectivity index (χ3v) is 5.83. The SMILES string of the molecule is C=CCC1CCC(c2ccc(Cl)cc2)N(C(CC)CN2CCOC2=O)C1=O. The summed E-state index contributed by atoms with van der Waals surface area (Å²) in [7, 11) is 0. The van der Waals surface area contributed by atoms with Crippen molar-refractivity contribution in [3.05, 3.63) is 47.5 Å². The first-order chi connectivity index (χ1) is 13.0. The molecule has 0 saturated carbocycles. The minimum absolute atomic E-state index is 0.000551. The van der Waals surface area contributed by atoms with E-state index < -0.39 is 0 Å². The van der Waals surface area contributed by atoms with Gasteiger partial charge in [0.15, 0.2) is 0 Å². The van der Waals surface area contributed by atoms with E-state index in [0.717, 1.165) is 24.8 Å². The molecule has 27 heavy (non-hydrogen) atoms. The third-order valence-electron chi connectivity index (χ3n) is 5.57. The van der Waals surface area contributed by atoms with Crippen molar-refractivity contribution >= 4 is 23.6 Å². The molecule has 1 aromatic carbocycles. The Kier molecular flexibility index (Phi) is 6.42. The molecule has 6 heteroatoms. The van der Waals surface area contributed by atoms with Crippen LogP contribution in [-0.2, 0) is 9.53 Å². The quantitative estimate of drug-likeness (QED) is 0.647. The van der Waals surface area contributed by atoms with Crippen LogP contribution < -0.4 is 0 Å². The summed E-state index contributed by atoms with van der Waals surface area (Å²) in [5.74, 6) is 0.117. The zero-order chi connectivity index (χ0) is 19.4. The Morgan fingerprint density at radius 1 is 1.30 bits per heavy atom. The van der Waals surface area contributed by atoms with E-state index in [4.69, 9.17) is 16.3 Å². The van der Waals surface area contributed by atoms with Gasteiger partial charge in [-0.25, -0.2) is 4.79 Å². The summed E-state index contributed by atoms with van der Waals surface area (Å²) in [5, 5.41) is 0.684. The lowest BCUT2D eigenvalue weighted by Crippen LogP contribution is -2.52. The van der Waals surface area contributed by atoms with E-state index >= 15 is 0 Å². The van der Waals surface area contributed by atoms with Crippen LogP contribution in [0.15, 0.2) is 36.9 Å². The van der Waals surface area contributed by atoms with Crippen molar-refractivity contribution in [3.63, 3.8) is 0 Å². The van der Waals surface area contributed by atoms with Crippen molar-refractivity contribution in [3.8, 4) is 0 Å². The largest absolute Gasteiger partial charge is 0.448 e. The van der Waals surface area contributed by atoms with Crippen molar-refractivity contribution in [1.29, 1.82) is 0 Å². The first-order valence-electron chi connectivity index (χ1n) is 9.65. The van der Waals surface area contributed by atoms with E-state index in [1.165, 1.54) is 0 Å². The van der Waals surface area contributed by atoms with Gasteiger partial charge in [0.1, 0.15) is 6.61 Å². The van der Waals surface area contributed by atoms with Crippen LogP contribution in [-0.4, -0.2) is 47.5 Å². The zero-order valence-electron chi connectivity index (χ0n) is 15.8. The number of likely N-dealkylation sites (tertiary alicyclic amines) is 1. The zero-order valence-corrected chi connectivity index (χ0v) is 16.5. The first-order valence-corrected chi connectivity index (χ1v) is 10.0. The molecule has 3 atom stereocenters. The summed E-state index contributed by atoms with van der Waals surface area (Å²) in [6, 6.07) is 7.69. The number of ether oxygens (including phenoxy) is 1. The van der Waals surface area contributed by atoms with E-state index in [1.807, 2.05) is 35.2 Å². The van der Waals surface area contributed by atoms with Crippen LogP contribution in [0.2, 0.25) is 5.02 Å². The van der Waals surface area contributed by atoms with Gasteiger partial charge in [0.25, 0.3) is 0 Å². The Balaban J connectivity index is 1.88. The number of amides is 2. The molecule has 3 rings (SSSR count). The topological polar surface area (TPSA) is 49.9 Å². The third kappa shape index (κ3) is 4.29. The molecule has 1 aromatic rings. The molecule has 2 aliphatic rings. The highest BCUT2D eigenvalue weighted by atomic mass is 35.5. The molecule has 0 radical (unpaired) electrons. The fourth-order valence-corrected chi connectivity index (χ4v) is 4.24. The second-order valence-electron chi connectivity index (χ2n) is 7.23. The van der Waals surface area contributed by atoms with Gasteiger partial charge in [0.05, 0.1) is 12.6 Å². The van der Waals surface area contributed by atoms with E-state index in [2.05, 4.69) is 13.5 Å². The van der Waals surface area contributed by atoms with Gasteiger partial charge in [-0.05, 0) is 43.4 Å². The summed E-state index contributed by atoms with van der Waals surface area (Å²) in [5.41, 5.74) is 1.09. The molecule has 146 valence electrons. The van der Waals surface area contributed by atoms with Gasteiger partial charge in [0, 0.05) is 23.5 Å². The summed E-state index contributed by atoms with van der Waals surface area (Å²) in [4.78, 5) is 29.0. The van der Waals surface area contributed by atoms with Gasteiger partial charge in [-0.2, -0.15) is 0 Å². The van der Waals surface area contributed by atoms with Crippen molar-refractivity contribution in [2.45, 2.75) is 44.7 Å². The molecule has 5 nitrogen and oxygen atoms in total. The number of piperidine rings is 1. The average molecular weight is 391 g/mol. The Morgan fingerprint density at radius 2 is 2.04 bits per heavy atom. The van der Waals surface area contributed by atoms with Gasteiger partial charge in [0.2, 0.25) is 5.91 Å². The second kappa shape index (κ2) is 8.79. The van der Waals surface area contributed by atoms with Crippen molar-refractivity contribution < 1.29 is 14.3 Å². The number of hydrogen-bond donors (Lipinski definition) is 0. The van der Waals surface area contributed by atoms with Crippen molar-refractivity contribution in [1.82, 2.24) is 9.80 Å². The summed E-state index contributed by atoms with van der Waals surface area (Å²) >= 11 is 6.05. The smallest absolute Gasteiger partial charge is 0.410 e. The van der Waals surface area contributed by atoms with Crippen LogP contribution in [0, 0.1) is 5.92 Å². The van der Waals surface area contributed by atoms with Crippen LogP contribution >= 0.6 is 11.6 Å². The Bertz CT molecular complexity index is 691. The number of carbonyl (C=O) groups excluding carboxylic acids is 2. The molecule has 2 saturated heterocycles. The monoisotopic (exact) mass is 390 g/mol. The molecule has 3 unspecified atom stereocenters. The van der Waals surface area contributed by atoms with Gasteiger partial charge in [-0.3, -0.25) is 4.79 Å². The van der Waals surface area contributed by atoms with E-state index in [1.54, 1.807) is 4.90 Å². The highest BCUT2D eigenvalue weighted by Gasteiger charge is 2.40. The predicted molar refractivity (Wildman–Crippen MR) is 106 cm³/mol. The van der Waals surface area contributed by atoms with Crippen LogP contribution in [0.5, 0.6) is 0 Å². The van der Waals surface area contributed by atoms with Crippen LogP contribution in [0.1, 0.15) is 44.2 Å². The number of carbonyl (C=O) groups is 2. The number of benzene rings is 1. The number of nitrogens with zero attached hydrogens (tertiary/aromatic N) is 2. The minimum Gasteiger partial charge on any atom is -0.448 e. The normalized spacial score (nSPS) is 24.1. The van der Waals surface area contributed by atoms with Crippen LogP contribution in [0.3, 0.4) is 0 Å². The highest BCUT2D eigenvalue weighted by molar-refractivity contribution is 6.30. The second-order valence-corrected chi connectivity index (χ2v) is 7.67. The average Bonchev–Trinajstić information content (AvgIpc) is 3.07. The molecular weight excluding hydrogens is 364 g/mol. The van der Waals surface area contributed by atoms with Gasteiger partial charge in [-0.1, -0.05) is 36.7 Å². The number of hydrogen-bond acceptors (Lipinski definition) is 3. The molecule has 0 aliphatic carbocycles. The lowest BCUT2D eigenvalue weighted by atomic mass is 9.85. The molecule has 0 spiro atoms. The maximum atomic E-state index is 13.3. The molecule has 2 aliphatic heterocycles. The van der Waals surface area contributed by atoms with Gasteiger partial charge < -0.3 is 14.5 Å².